The molecule has 1 atom stereocenters. The molecule has 0 spiro atoms. The number of nitrogens with zero attached hydrogens (tertiary/aromatic N) is 3. The van der Waals surface area contributed by atoms with Gasteiger partial charge >= 0.3 is 0 Å². The Morgan fingerprint density at radius 1 is 0.952 bits per heavy atom. The fourth-order valence-electron chi connectivity index (χ4n) is 8.02. The molecule has 1 saturated heterocycles. The summed E-state index contributed by atoms with van der Waals surface area (Å²) in [6.07, 6.45) is 4.55. The van der Waals surface area contributed by atoms with E-state index in [1.807, 2.05) is 23.6 Å². The van der Waals surface area contributed by atoms with E-state index < -0.39 is 23.2 Å². The molecule has 0 radical (unpaired) electrons. The molecule has 4 heterocycles. The summed E-state index contributed by atoms with van der Waals surface area (Å²) >= 11 is 7.44. The largest absolute Gasteiger partial charge is 0.487 e. The minimum atomic E-state index is -0.764. The summed E-state index contributed by atoms with van der Waals surface area (Å²) in [6.45, 7) is 2.76. The first-order chi connectivity index (χ1) is 30.6. The highest BCUT2D eigenvalue weighted by Gasteiger charge is 2.43. The summed E-state index contributed by atoms with van der Waals surface area (Å²) in [6, 6.07) is 14.7. The highest BCUT2D eigenvalue weighted by molar-refractivity contribution is 7.13. The zero-order chi connectivity index (χ0) is 44.2. The van der Waals surface area contributed by atoms with Gasteiger partial charge in [0.2, 0.25) is 23.6 Å². The number of anilines is 3. The van der Waals surface area contributed by atoms with Gasteiger partial charge in [0.05, 0.1) is 43.0 Å². The molecule has 3 aliphatic rings. The second-order valence-corrected chi connectivity index (χ2v) is 16.9. The molecule has 0 bridgehead atoms. The second-order valence-electron chi connectivity index (χ2n) is 15.6. The molecule has 1 saturated carbocycles. The number of amides is 5. The standard InChI is InChI=1S/C44H50ClFN8O8S/c45-32-6-3-8-35(39(32)46)62-29-12-15-44(16-13-29,26-28-4-1-9-36(50-28)52-43-49-20-25-63-43)42(59)48-19-22-61-24-23-60-21-18-47-17-14-38(56)51-33-7-2-5-30-31(33)27-54(41(30)58)34-10-11-37(55)53-40(34)57/h1-9,20,25,29,34,47H,10-19,21-24,26-27H2,(H,48,59)(H,51,56)(H,49,50,52)(H,53,55,57). The van der Waals surface area contributed by atoms with Crippen LogP contribution in [0.1, 0.15) is 66.6 Å². The zero-order valence-electron chi connectivity index (χ0n) is 34.6. The number of aromatic nitrogens is 2. The average Bonchev–Trinajstić information content (AvgIpc) is 3.91. The molecule has 19 heteroatoms. The van der Waals surface area contributed by atoms with E-state index in [9.17, 15) is 28.4 Å². The first kappa shape index (κ1) is 45.5. The molecule has 2 fully saturated rings. The number of imide groups is 1. The number of nitrogens with one attached hydrogen (secondary N) is 5. The Kier molecular flexibility index (Phi) is 15.7. The summed E-state index contributed by atoms with van der Waals surface area (Å²) in [5.74, 6) is -1.34. The fraction of sp³-hybridized carbons (Fsp3) is 0.432. The molecule has 2 aliphatic heterocycles. The second kappa shape index (κ2) is 21.7. The lowest BCUT2D eigenvalue weighted by atomic mass is 9.69. The Labute approximate surface area is 373 Å². The van der Waals surface area contributed by atoms with Crippen molar-refractivity contribution in [1.82, 2.24) is 30.8 Å². The van der Waals surface area contributed by atoms with Crippen molar-refractivity contribution >= 4 is 69.1 Å². The van der Waals surface area contributed by atoms with Crippen LogP contribution in [-0.4, -0.2) is 103 Å². The molecule has 4 aromatic rings. The summed E-state index contributed by atoms with van der Waals surface area (Å²) in [4.78, 5) is 74.3. The normalized spacial score (nSPS) is 19.7. The van der Waals surface area contributed by atoms with Gasteiger partial charge in [0.15, 0.2) is 16.7 Å². The average molecular weight is 905 g/mol. The van der Waals surface area contributed by atoms with E-state index in [0.29, 0.717) is 94.2 Å². The zero-order valence-corrected chi connectivity index (χ0v) is 36.2. The maximum atomic E-state index is 14.6. The van der Waals surface area contributed by atoms with Crippen LogP contribution in [0.2, 0.25) is 5.02 Å². The van der Waals surface area contributed by atoms with Gasteiger partial charge in [0.1, 0.15) is 11.9 Å². The number of piperidine rings is 1. The van der Waals surface area contributed by atoms with Crippen LogP contribution in [0.15, 0.2) is 66.2 Å². The van der Waals surface area contributed by atoms with Crippen molar-refractivity contribution < 1.29 is 42.6 Å². The number of hydrogen-bond donors (Lipinski definition) is 5. The minimum absolute atomic E-state index is 0.00561. The van der Waals surface area contributed by atoms with Gasteiger partial charge < -0.3 is 40.4 Å². The molecule has 16 nitrogen and oxygen atoms in total. The molecule has 5 N–H and O–H groups in total. The molecule has 1 aliphatic carbocycles. The van der Waals surface area contributed by atoms with Crippen molar-refractivity contribution in [1.29, 1.82) is 0 Å². The molecule has 63 heavy (non-hydrogen) atoms. The van der Waals surface area contributed by atoms with Crippen LogP contribution in [0, 0.1) is 11.2 Å². The van der Waals surface area contributed by atoms with E-state index in [-0.39, 0.29) is 72.9 Å². The number of hydrogen-bond acceptors (Lipinski definition) is 13. The molecular formula is C44H50ClFN8O8S. The molecule has 2 aromatic heterocycles. The van der Waals surface area contributed by atoms with Gasteiger partial charge in [0.25, 0.3) is 5.91 Å². The van der Waals surface area contributed by atoms with Gasteiger partial charge in [-0.3, -0.25) is 29.3 Å². The van der Waals surface area contributed by atoms with E-state index in [0.717, 1.165) is 10.8 Å². The highest BCUT2D eigenvalue weighted by atomic mass is 35.5. The Morgan fingerprint density at radius 3 is 2.51 bits per heavy atom. The quantitative estimate of drug-likeness (QED) is 0.0545. The number of pyridine rings is 1. The molecule has 5 amide bonds. The number of benzene rings is 2. The third-order valence-electron chi connectivity index (χ3n) is 11.3. The van der Waals surface area contributed by atoms with Crippen LogP contribution < -0.4 is 31.3 Å². The van der Waals surface area contributed by atoms with Crippen molar-refractivity contribution in [3.8, 4) is 5.75 Å². The fourth-order valence-corrected chi connectivity index (χ4v) is 8.72. The molecule has 334 valence electrons. The third kappa shape index (κ3) is 11.9. The predicted molar refractivity (Wildman–Crippen MR) is 233 cm³/mol. The number of carbonyl (C=O) groups excluding carboxylic acids is 5. The van der Waals surface area contributed by atoms with Crippen molar-refractivity contribution in [2.45, 2.75) is 70.1 Å². The predicted octanol–water partition coefficient (Wildman–Crippen LogP) is 5.15. The molecule has 1 unspecified atom stereocenters. The van der Waals surface area contributed by atoms with Crippen molar-refractivity contribution in [2.24, 2.45) is 5.41 Å². The lowest BCUT2D eigenvalue weighted by molar-refractivity contribution is -0.137. The maximum Gasteiger partial charge on any atom is 0.255 e. The van der Waals surface area contributed by atoms with Gasteiger partial charge in [-0.25, -0.2) is 14.4 Å². The summed E-state index contributed by atoms with van der Waals surface area (Å²) in [7, 11) is 0. The van der Waals surface area contributed by atoms with Gasteiger partial charge in [0, 0.05) is 79.5 Å². The topological polar surface area (TPSA) is 202 Å². The smallest absolute Gasteiger partial charge is 0.255 e. The summed E-state index contributed by atoms with van der Waals surface area (Å²) < 4.78 is 32.0. The monoisotopic (exact) mass is 904 g/mol. The van der Waals surface area contributed by atoms with Crippen molar-refractivity contribution in [2.75, 3.05) is 56.7 Å². The lowest BCUT2D eigenvalue weighted by Crippen LogP contribution is -2.52. The summed E-state index contributed by atoms with van der Waals surface area (Å²) in [5, 5.41) is 17.2. The van der Waals surface area contributed by atoms with Crippen LogP contribution in [0.25, 0.3) is 0 Å². The number of ether oxygens (including phenoxy) is 3. The maximum absolute atomic E-state index is 14.6. The van der Waals surface area contributed by atoms with E-state index >= 15 is 0 Å². The van der Waals surface area contributed by atoms with Gasteiger partial charge in [-0.2, -0.15) is 0 Å². The first-order valence-corrected chi connectivity index (χ1v) is 22.3. The molecule has 2 aromatic carbocycles. The molecule has 7 rings (SSSR count). The van der Waals surface area contributed by atoms with E-state index in [1.165, 1.54) is 22.3 Å². The van der Waals surface area contributed by atoms with E-state index in [1.54, 1.807) is 36.5 Å². The van der Waals surface area contributed by atoms with Crippen molar-refractivity contribution in [3.63, 3.8) is 0 Å². The van der Waals surface area contributed by atoms with Crippen LogP contribution in [0.3, 0.4) is 0 Å². The Balaban J connectivity index is 0.789. The first-order valence-electron chi connectivity index (χ1n) is 21.0. The number of halogens is 2. The highest BCUT2D eigenvalue weighted by Crippen LogP contribution is 2.41. The van der Waals surface area contributed by atoms with Crippen LogP contribution in [0.5, 0.6) is 5.75 Å². The van der Waals surface area contributed by atoms with Gasteiger partial charge in [-0.15, -0.1) is 11.3 Å². The van der Waals surface area contributed by atoms with E-state index in [2.05, 4.69) is 31.6 Å². The Bertz CT molecular complexity index is 2260. The molecular weight excluding hydrogens is 855 g/mol. The number of carbonyl (C=O) groups is 5. The Morgan fingerprint density at radius 2 is 1.73 bits per heavy atom. The number of thiazole rings is 1. The van der Waals surface area contributed by atoms with Crippen LogP contribution >= 0.6 is 22.9 Å². The van der Waals surface area contributed by atoms with Crippen LogP contribution in [-0.2, 0) is 41.6 Å². The third-order valence-corrected chi connectivity index (χ3v) is 12.3. The lowest BCUT2D eigenvalue weighted by Gasteiger charge is -2.39. The Hall–Kier alpha value is -5.53. The van der Waals surface area contributed by atoms with Crippen molar-refractivity contribution in [3.05, 3.63) is 93.8 Å². The SMILES string of the molecule is O=C1CCC(N2Cc3c(NC(=O)CCNCCOCCOCCNC(=O)C4(Cc5cccc(Nc6nccs6)n5)CCC(Oc5cccc(Cl)c5F)CC4)cccc3C2=O)C(=O)N1. The van der Waals surface area contributed by atoms with Gasteiger partial charge in [-0.05, 0) is 68.5 Å². The number of fused-ring (bicyclic) bond motifs is 1. The van der Waals surface area contributed by atoms with E-state index in [4.69, 9.17) is 30.8 Å². The summed E-state index contributed by atoms with van der Waals surface area (Å²) in [5.41, 5.74) is 1.58. The number of rotatable bonds is 21. The van der Waals surface area contributed by atoms with Gasteiger partial charge in [-0.1, -0.05) is 29.8 Å². The van der Waals surface area contributed by atoms with Crippen LogP contribution in [0.4, 0.5) is 21.0 Å². The minimum Gasteiger partial charge on any atom is -0.487 e.